The molecule has 0 unspecified atom stereocenters. The van der Waals surface area contributed by atoms with E-state index < -0.39 is 49.3 Å². The molecule has 1 heterocycles. The van der Waals surface area contributed by atoms with Crippen LogP contribution in [0.15, 0.2) is 69.2 Å². The average Bonchev–Trinajstić information content (AvgIpc) is 2.97. The lowest BCUT2D eigenvalue weighted by atomic mass is 10.1. The van der Waals surface area contributed by atoms with Crippen molar-refractivity contribution >= 4 is 32.5 Å². The minimum Gasteiger partial charge on any atom is -0.321 e. The zero-order chi connectivity index (χ0) is 24.1. The van der Waals surface area contributed by atoms with Crippen molar-refractivity contribution < 1.29 is 26.4 Å². The van der Waals surface area contributed by atoms with Gasteiger partial charge in [0, 0.05) is 14.1 Å². The number of carbonyl (C=O) groups excluding carboxylic acids is 1. The fourth-order valence-corrected chi connectivity index (χ4v) is 4.90. The number of aryl methyl sites for hydroxylation is 2. The number of hydrogen-bond donors (Lipinski definition) is 1. The third-order valence-corrected chi connectivity index (χ3v) is 7.03. The van der Waals surface area contributed by atoms with E-state index in [0.29, 0.717) is 0 Å². The largest absolute Gasteiger partial charge is 0.328 e. The third kappa shape index (κ3) is 3.69. The van der Waals surface area contributed by atoms with Gasteiger partial charge in [0.05, 0.1) is 26.5 Å². The molecule has 3 aromatic carbocycles. The molecule has 0 aliphatic carbocycles. The SMILES string of the molecule is Cn1c(=O)n(C)c2cc(S(=O)(=O)c3ccc(F)cc3)c(NC(=O)c3c(F)cccc3F)cc21. The molecule has 0 spiro atoms. The molecule has 11 heteroatoms. The van der Waals surface area contributed by atoms with Gasteiger partial charge in [-0.1, -0.05) is 6.07 Å². The maximum Gasteiger partial charge on any atom is 0.328 e. The second-order valence-electron chi connectivity index (χ2n) is 7.25. The zero-order valence-electron chi connectivity index (χ0n) is 17.3. The molecule has 0 radical (unpaired) electrons. The summed E-state index contributed by atoms with van der Waals surface area (Å²) in [7, 11) is -1.46. The number of nitrogens with one attached hydrogen (secondary N) is 1. The number of nitrogens with zero attached hydrogens (tertiary/aromatic N) is 2. The Morgan fingerprint density at radius 1 is 0.879 bits per heavy atom. The normalized spacial score (nSPS) is 11.7. The number of sulfone groups is 1. The predicted molar refractivity (Wildman–Crippen MR) is 114 cm³/mol. The van der Waals surface area contributed by atoms with Gasteiger partial charge in [0.1, 0.15) is 23.0 Å². The number of halogens is 3. The van der Waals surface area contributed by atoms with Gasteiger partial charge in [-0.05, 0) is 48.5 Å². The van der Waals surface area contributed by atoms with Gasteiger partial charge in [0.2, 0.25) is 9.84 Å². The first-order chi connectivity index (χ1) is 15.5. The molecule has 4 rings (SSSR count). The van der Waals surface area contributed by atoms with Gasteiger partial charge in [0.25, 0.3) is 5.91 Å². The highest BCUT2D eigenvalue weighted by molar-refractivity contribution is 7.91. The Balaban J connectivity index is 1.96. The van der Waals surface area contributed by atoms with Crippen LogP contribution in [0.1, 0.15) is 10.4 Å². The lowest BCUT2D eigenvalue weighted by Gasteiger charge is -2.14. The van der Waals surface area contributed by atoms with E-state index >= 15 is 0 Å². The molecule has 170 valence electrons. The molecular weight excluding hydrogens is 459 g/mol. The molecule has 0 saturated carbocycles. The van der Waals surface area contributed by atoms with Crippen molar-refractivity contribution in [3.63, 3.8) is 0 Å². The van der Waals surface area contributed by atoms with Crippen LogP contribution in [0.4, 0.5) is 18.9 Å². The van der Waals surface area contributed by atoms with E-state index in [2.05, 4.69) is 5.32 Å². The molecule has 0 atom stereocenters. The Bertz CT molecular complexity index is 1570. The van der Waals surface area contributed by atoms with E-state index in [1.165, 1.54) is 35.4 Å². The van der Waals surface area contributed by atoms with Crippen LogP contribution in [0.5, 0.6) is 0 Å². The Morgan fingerprint density at radius 2 is 1.42 bits per heavy atom. The van der Waals surface area contributed by atoms with Crippen LogP contribution in [-0.2, 0) is 23.9 Å². The van der Waals surface area contributed by atoms with E-state index in [1.807, 2.05) is 0 Å². The van der Waals surface area contributed by atoms with Gasteiger partial charge in [-0.3, -0.25) is 13.9 Å². The first kappa shape index (κ1) is 22.3. The minimum atomic E-state index is -4.34. The van der Waals surface area contributed by atoms with Crippen LogP contribution >= 0.6 is 0 Å². The van der Waals surface area contributed by atoms with E-state index in [-0.39, 0.29) is 21.6 Å². The molecule has 1 aromatic heterocycles. The first-order valence-electron chi connectivity index (χ1n) is 9.48. The lowest BCUT2D eigenvalue weighted by Crippen LogP contribution is -2.19. The Kier molecular flexibility index (Phi) is 5.36. The number of aromatic nitrogens is 2. The summed E-state index contributed by atoms with van der Waals surface area (Å²) in [6.45, 7) is 0. The average molecular weight is 475 g/mol. The zero-order valence-corrected chi connectivity index (χ0v) is 18.1. The summed E-state index contributed by atoms with van der Waals surface area (Å²) in [5.41, 5.74) is -1.16. The summed E-state index contributed by atoms with van der Waals surface area (Å²) in [6, 6.07) is 9.25. The number of hydrogen-bond acceptors (Lipinski definition) is 4. The number of fused-ring (bicyclic) bond motifs is 1. The molecule has 0 saturated heterocycles. The number of imidazole rings is 1. The quantitative estimate of drug-likeness (QED) is 0.459. The standard InChI is InChI=1S/C22H16F3N3O4S/c1-27-17-10-16(26-21(29)20-14(24)4-3-5-15(20)25)19(11-18(17)28(2)22(27)30)33(31,32)13-8-6-12(23)7-9-13/h3-11H,1-2H3,(H,26,29). The van der Waals surface area contributed by atoms with E-state index in [4.69, 9.17) is 0 Å². The highest BCUT2D eigenvalue weighted by Crippen LogP contribution is 2.32. The topological polar surface area (TPSA) is 90.2 Å². The smallest absolute Gasteiger partial charge is 0.321 e. The number of rotatable bonds is 4. The molecule has 1 amide bonds. The summed E-state index contributed by atoms with van der Waals surface area (Å²) >= 11 is 0. The number of carbonyl (C=O) groups is 1. The fourth-order valence-electron chi connectivity index (χ4n) is 3.49. The fraction of sp³-hybridized carbons (Fsp3) is 0.0909. The minimum absolute atomic E-state index is 0.234. The van der Waals surface area contributed by atoms with E-state index in [0.717, 1.165) is 42.5 Å². The Labute approximate surface area is 185 Å². The van der Waals surface area contributed by atoms with Gasteiger partial charge < -0.3 is 5.32 Å². The van der Waals surface area contributed by atoms with E-state index in [1.54, 1.807) is 0 Å². The summed E-state index contributed by atoms with van der Waals surface area (Å²) in [5, 5.41) is 2.25. The van der Waals surface area contributed by atoms with Crippen LogP contribution in [-0.4, -0.2) is 23.5 Å². The Hall–Kier alpha value is -3.86. The monoisotopic (exact) mass is 475 g/mol. The molecule has 33 heavy (non-hydrogen) atoms. The van der Waals surface area contributed by atoms with Crippen molar-refractivity contribution in [2.24, 2.45) is 14.1 Å². The van der Waals surface area contributed by atoms with Gasteiger partial charge in [-0.15, -0.1) is 0 Å². The summed E-state index contributed by atoms with van der Waals surface area (Å²) in [6.07, 6.45) is 0. The molecule has 0 bridgehead atoms. The van der Waals surface area contributed by atoms with Crippen molar-refractivity contribution in [2.45, 2.75) is 9.79 Å². The Morgan fingerprint density at radius 3 is 2.00 bits per heavy atom. The van der Waals surface area contributed by atoms with Gasteiger partial charge >= 0.3 is 5.69 Å². The van der Waals surface area contributed by atoms with Crippen LogP contribution < -0.4 is 11.0 Å². The highest BCUT2D eigenvalue weighted by atomic mass is 32.2. The molecular formula is C22H16F3N3O4S. The third-order valence-electron chi connectivity index (χ3n) is 5.22. The van der Waals surface area contributed by atoms with Crippen molar-refractivity contribution in [1.29, 1.82) is 0 Å². The van der Waals surface area contributed by atoms with Crippen LogP contribution in [0.25, 0.3) is 11.0 Å². The van der Waals surface area contributed by atoms with Gasteiger partial charge in [-0.25, -0.2) is 26.4 Å². The van der Waals surface area contributed by atoms with Crippen molar-refractivity contribution in [3.8, 4) is 0 Å². The van der Waals surface area contributed by atoms with Gasteiger partial charge in [-0.2, -0.15) is 0 Å². The number of benzene rings is 3. The lowest BCUT2D eigenvalue weighted by molar-refractivity contribution is 0.101. The second kappa shape index (κ2) is 7.93. The molecule has 0 fully saturated rings. The van der Waals surface area contributed by atoms with Crippen LogP contribution in [0.2, 0.25) is 0 Å². The maximum atomic E-state index is 14.1. The summed E-state index contributed by atoms with van der Waals surface area (Å²) in [5.74, 6) is -4.15. The first-order valence-corrected chi connectivity index (χ1v) is 11.0. The molecule has 0 aliphatic heterocycles. The summed E-state index contributed by atoms with van der Waals surface area (Å²) in [4.78, 5) is 24.3. The van der Waals surface area contributed by atoms with E-state index in [9.17, 15) is 31.2 Å². The van der Waals surface area contributed by atoms with Crippen molar-refractivity contribution in [2.75, 3.05) is 5.32 Å². The second-order valence-corrected chi connectivity index (χ2v) is 9.16. The van der Waals surface area contributed by atoms with Crippen molar-refractivity contribution in [1.82, 2.24) is 9.13 Å². The van der Waals surface area contributed by atoms with Gasteiger partial charge in [0.15, 0.2) is 0 Å². The predicted octanol–water partition coefficient (Wildman–Crippen LogP) is 3.38. The molecule has 0 aliphatic rings. The number of anilines is 1. The maximum absolute atomic E-state index is 14.1. The van der Waals surface area contributed by atoms with Crippen LogP contribution in [0.3, 0.4) is 0 Å². The number of amides is 1. The molecule has 4 aromatic rings. The summed E-state index contributed by atoms with van der Waals surface area (Å²) < 4.78 is 70.7. The van der Waals surface area contributed by atoms with Crippen LogP contribution in [0, 0.1) is 17.5 Å². The molecule has 7 nitrogen and oxygen atoms in total. The highest BCUT2D eigenvalue weighted by Gasteiger charge is 2.27. The van der Waals surface area contributed by atoms with Crippen molar-refractivity contribution in [3.05, 3.63) is 88.1 Å². The molecule has 1 N–H and O–H groups in total.